The molecule has 1 aromatic rings. The molecule has 0 atom stereocenters. The first-order valence-corrected chi connectivity index (χ1v) is 7.60. The van der Waals surface area contributed by atoms with Crippen molar-refractivity contribution in [2.24, 2.45) is 5.92 Å². The normalized spacial score (nSPS) is 19.5. The summed E-state index contributed by atoms with van der Waals surface area (Å²) >= 11 is 3.48. The van der Waals surface area contributed by atoms with Gasteiger partial charge in [0.15, 0.2) is 11.5 Å². The lowest BCUT2D eigenvalue weighted by atomic mass is 9.96. The molecule has 4 nitrogen and oxygen atoms in total. The van der Waals surface area contributed by atoms with Crippen LogP contribution in [0.3, 0.4) is 0 Å². The van der Waals surface area contributed by atoms with Crippen molar-refractivity contribution in [1.82, 2.24) is 0 Å². The molecule has 0 heterocycles. The SMILES string of the molecule is COc1cc(C2(C(=O)O)CC2)c(Br)cc1OCC1CC1. The molecule has 1 aromatic carbocycles. The molecule has 2 aliphatic carbocycles. The van der Waals surface area contributed by atoms with Crippen LogP contribution in [0.1, 0.15) is 31.2 Å². The van der Waals surface area contributed by atoms with E-state index in [-0.39, 0.29) is 0 Å². The zero-order chi connectivity index (χ0) is 14.3. The van der Waals surface area contributed by atoms with Crippen LogP contribution in [0.4, 0.5) is 0 Å². The smallest absolute Gasteiger partial charge is 0.314 e. The Morgan fingerprint density at radius 1 is 1.40 bits per heavy atom. The first kappa shape index (κ1) is 13.7. The average molecular weight is 341 g/mol. The Morgan fingerprint density at radius 3 is 2.60 bits per heavy atom. The van der Waals surface area contributed by atoms with E-state index in [0.717, 1.165) is 10.0 Å². The Morgan fingerprint density at radius 2 is 2.10 bits per heavy atom. The van der Waals surface area contributed by atoms with Crippen LogP contribution >= 0.6 is 15.9 Å². The van der Waals surface area contributed by atoms with E-state index < -0.39 is 11.4 Å². The molecule has 108 valence electrons. The van der Waals surface area contributed by atoms with Crippen molar-refractivity contribution >= 4 is 21.9 Å². The molecular formula is C15H17BrO4. The summed E-state index contributed by atoms with van der Waals surface area (Å²) in [6, 6.07) is 3.63. The summed E-state index contributed by atoms with van der Waals surface area (Å²) in [5, 5.41) is 9.41. The molecule has 0 amide bonds. The summed E-state index contributed by atoms with van der Waals surface area (Å²) in [7, 11) is 1.58. The van der Waals surface area contributed by atoms with Gasteiger partial charge < -0.3 is 14.6 Å². The van der Waals surface area contributed by atoms with Gasteiger partial charge in [-0.3, -0.25) is 4.79 Å². The van der Waals surface area contributed by atoms with Crippen molar-refractivity contribution < 1.29 is 19.4 Å². The van der Waals surface area contributed by atoms with E-state index >= 15 is 0 Å². The summed E-state index contributed by atoms with van der Waals surface area (Å²) in [6.07, 6.45) is 3.80. The molecule has 0 spiro atoms. The summed E-state index contributed by atoms with van der Waals surface area (Å²) in [5.74, 6) is 1.17. The van der Waals surface area contributed by atoms with Crippen LogP contribution in [-0.4, -0.2) is 24.8 Å². The number of aliphatic carboxylic acids is 1. The lowest BCUT2D eigenvalue weighted by Gasteiger charge is -2.17. The number of carbonyl (C=O) groups is 1. The maximum atomic E-state index is 11.5. The molecule has 2 saturated carbocycles. The van der Waals surface area contributed by atoms with Crippen LogP contribution in [0.5, 0.6) is 11.5 Å². The fraction of sp³-hybridized carbons (Fsp3) is 0.533. The lowest BCUT2D eigenvalue weighted by molar-refractivity contribution is -0.140. The number of benzene rings is 1. The molecule has 0 aromatic heterocycles. The number of ether oxygens (including phenoxy) is 2. The molecule has 0 unspecified atom stereocenters. The third kappa shape index (κ3) is 2.39. The van der Waals surface area contributed by atoms with Gasteiger partial charge in [0, 0.05) is 4.47 Å². The number of rotatable bonds is 6. The first-order chi connectivity index (χ1) is 9.56. The largest absolute Gasteiger partial charge is 0.493 e. The highest BCUT2D eigenvalue weighted by molar-refractivity contribution is 9.10. The van der Waals surface area contributed by atoms with Crippen LogP contribution in [0.2, 0.25) is 0 Å². The van der Waals surface area contributed by atoms with E-state index in [4.69, 9.17) is 9.47 Å². The quantitative estimate of drug-likeness (QED) is 0.862. The van der Waals surface area contributed by atoms with Crippen LogP contribution in [0, 0.1) is 5.92 Å². The van der Waals surface area contributed by atoms with Crippen LogP contribution in [0.25, 0.3) is 0 Å². The number of hydrogen-bond donors (Lipinski definition) is 1. The molecule has 2 aliphatic rings. The van der Waals surface area contributed by atoms with E-state index in [1.807, 2.05) is 6.07 Å². The highest BCUT2D eigenvalue weighted by Gasteiger charge is 2.53. The van der Waals surface area contributed by atoms with E-state index in [1.54, 1.807) is 13.2 Å². The predicted molar refractivity (Wildman–Crippen MR) is 77.5 cm³/mol. The van der Waals surface area contributed by atoms with Crippen molar-refractivity contribution in [2.45, 2.75) is 31.1 Å². The summed E-state index contributed by atoms with van der Waals surface area (Å²) in [4.78, 5) is 11.5. The molecule has 0 radical (unpaired) electrons. The Bertz CT molecular complexity index is 547. The maximum absolute atomic E-state index is 11.5. The number of methoxy groups -OCH3 is 1. The lowest BCUT2D eigenvalue weighted by Crippen LogP contribution is -2.20. The Balaban J connectivity index is 1.90. The number of halogens is 1. The Hall–Kier alpha value is -1.23. The van der Waals surface area contributed by atoms with Gasteiger partial charge in [-0.2, -0.15) is 0 Å². The van der Waals surface area contributed by atoms with Gasteiger partial charge in [-0.15, -0.1) is 0 Å². The highest BCUT2D eigenvalue weighted by Crippen LogP contribution is 2.52. The Labute approximate surface area is 126 Å². The second-order valence-corrected chi connectivity index (χ2v) is 6.48. The predicted octanol–water partition coefficient (Wildman–Crippen LogP) is 3.36. The summed E-state index contributed by atoms with van der Waals surface area (Å²) in [5.41, 5.74) is 0.0295. The van der Waals surface area contributed by atoms with Crippen LogP contribution in [-0.2, 0) is 10.2 Å². The summed E-state index contributed by atoms with van der Waals surface area (Å²) < 4.78 is 11.9. The number of carboxylic acid groups (broad SMARTS) is 1. The molecule has 0 saturated heterocycles. The highest BCUT2D eigenvalue weighted by atomic mass is 79.9. The molecule has 0 aliphatic heterocycles. The minimum atomic E-state index is -0.771. The molecule has 20 heavy (non-hydrogen) atoms. The van der Waals surface area contributed by atoms with Gasteiger partial charge >= 0.3 is 5.97 Å². The van der Waals surface area contributed by atoms with Gasteiger partial charge in [-0.1, -0.05) is 15.9 Å². The van der Waals surface area contributed by atoms with Crippen LogP contribution in [0.15, 0.2) is 16.6 Å². The van der Waals surface area contributed by atoms with E-state index in [2.05, 4.69) is 15.9 Å². The van der Waals surface area contributed by atoms with Gasteiger partial charge in [0.25, 0.3) is 0 Å². The fourth-order valence-electron chi connectivity index (χ4n) is 2.39. The van der Waals surface area contributed by atoms with Crippen LogP contribution < -0.4 is 9.47 Å². The van der Waals surface area contributed by atoms with Gasteiger partial charge in [-0.05, 0) is 49.3 Å². The zero-order valence-corrected chi connectivity index (χ0v) is 12.9. The van der Waals surface area contributed by atoms with E-state index in [1.165, 1.54) is 12.8 Å². The third-order valence-electron chi connectivity index (χ3n) is 4.10. The average Bonchev–Trinajstić information content (AvgIpc) is 3.29. The maximum Gasteiger partial charge on any atom is 0.314 e. The van der Waals surface area contributed by atoms with Crippen molar-refractivity contribution in [3.05, 3.63) is 22.2 Å². The fourth-order valence-corrected chi connectivity index (χ4v) is 3.09. The minimum absolute atomic E-state index is 0.608. The monoisotopic (exact) mass is 340 g/mol. The van der Waals surface area contributed by atoms with Gasteiger partial charge in [0.05, 0.1) is 19.1 Å². The van der Waals surface area contributed by atoms with Gasteiger partial charge in [-0.25, -0.2) is 0 Å². The van der Waals surface area contributed by atoms with Crippen molar-refractivity contribution in [1.29, 1.82) is 0 Å². The van der Waals surface area contributed by atoms with Crippen molar-refractivity contribution in [3.63, 3.8) is 0 Å². The second kappa shape index (κ2) is 4.95. The number of carboxylic acids is 1. The summed E-state index contributed by atoms with van der Waals surface area (Å²) in [6.45, 7) is 0.701. The van der Waals surface area contributed by atoms with E-state index in [0.29, 0.717) is 36.9 Å². The molecule has 0 bridgehead atoms. The second-order valence-electron chi connectivity index (χ2n) is 5.62. The first-order valence-electron chi connectivity index (χ1n) is 6.81. The molecular weight excluding hydrogens is 324 g/mol. The zero-order valence-electron chi connectivity index (χ0n) is 11.3. The molecule has 5 heteroatoms. The molecule has 2 fully saturated rings. The standard InChI is InChI=1S/C15H17BrO4/c1-19-12-6-10(15(4-5-15)14(17)18)11(16)7-13(12)20-8-9-2-3-9/h6-7,9H,2-5,8H2,1H3,(H,17,18). The Kier molecular flexibility index (Phi) is 3.40. The minimum Gasteiger partial charge on any atom is -0.493 e. The van der Waals surface area contributed by atoms with Crippen molar-refractivity contribution in [3.8, 4) is 11.5 Å². The van der Waals surface area contributed by atoms with Gasteiger partial charge in [0.2, 0.25) is 0 Å². The van der Waals surface area contributed by atoms with Crippen molar-refractivity contribution in [2.75, 3.05) is 13.7 Å². The number of hydrogen-bond acceptors (Lipinski definition) is 3. The molecule has 1 N–H and O–H groups in total. The van der Waals surface area contributed by atoms with Gasteiger partial charge in [0.1, 0.15) is 0 Å². The topological polar surface area (TPSA) is 55.8 Å². The third-order valence-corrected chi connectivity index (χ3v) is 4.76. The van der Waals surface area contributed by atoms with E-state index in [9.17, 15) is 9.90 Å². The molecule has 3 rings (SSSR count).